The van der Waals surface area contributed by atoms with Gasteiger partial charge in [-0.05, 0) is 53.0 Å². The second kappa shape index (κ2) is 6.92. The summed E-state index contributed by atoms with van der Waals surface area (Å²) in [6, 6.07) is 30.0. The number of hydrogen-bond acceptors (Lipinski definition) is 1. The summed E-state index contributed by atoms with van der Waals surface area (Å²) in [5.41, 5.74) is 8.84. The van der Waals surface area contributed by atoms with Crippen LogP contribution in [0.2, 0.25) is 0 Å². The summed E-state index contributed by atoms with van der Waals surface area (Å²) in [7, 11) is 0. The van der Waals surface area contributed by atoms with Crippen LogP contribution in [0.25, 0.3) is 5.57 Å². The van der Waals surface area contributed by atoms with Crippen molar-refractivity contribution in [3.8, 4) is 0 Å². The van der Waals surface area contributed by atoms with Crippen molar-refractivity contribution in [2.24, 2.45) is 0 Å². The van der Waals surface area contributed by atoms with Gasteiger partial charge in [0.2, 0.25) is 0 Å². The fraction of sp³-hybridized carbons (Fsp3) is 0.154. The zero-order valence-corrected chi connectivity index (χ0v) is 16.2. The smallest absolute Gasteiger partial charge is 0.0426 e. The molecule has 1 N–H and O–H groups in total. The quantitative estimate of drug-likeness (QED) is 0.533. The molecule has 0 fully saturated rings. The molecule has 0 radical (unpaired) electrons. The van der Waals surface area contributed by atoms with Gasteiger partial charge in [0.1, 0.15) is 0 Å². The van der Waals surface area contributed by atoms with Gasteiger partial charge in [-0.1, -0.05) is 86.6 Å². The molecule has 0 unspecified atom stereocenters. The van der Waals surface area contributed by atoms with Crippen LogP contribution in [-0.2, 0) is 5.41 Å². The third-order valence-electron chi connectivity index (χ3n) is 5.54. The van der Waals surface area contributed by atoms with Crippen molar-refractivity contribution in [2.75, 3.05) is 5.32 Å². The van der Waals surface area contributed by atoms with Crippen LogP contribution in [0.1, 0.15) is 37.5 Å². The van der Waals surface area contributed by atoms with E-state index in [0.717, 1.165) is 5.69 Å². The maximum atomic E-state index is 3.60. The fourth-order valence-corrected chi connectivity index (χ4v) is 3.64. The minimum Gasteiger partial charge on any atom is -0.355 e. The molecule has 3 aromatic carbocycles. The molecule has 0 aliphatic heterocycles. The Bertz CT molecular complexity index is 1010. The zero-order valence-electron chi connectivity index (χ0n) is 16.2. The number of allylic oxidation sites excluding steroid dienone is 3. The number of benzene rings is 3. The highest BCUT2D eigenvalue weighted by atomic mass is 14.9. The van der Waals surface area contributed by atoms with Crippen LogP contribution < -0.4 is 5.32 Å². The Labute approximate surface area is 162 Å². The fourth-order valence-electron chi connectivity index (χ4n) is 3.64. The van der Waals surface area contributed by atoms with Gasteiger partial charge < -0.3 is 5.32 Å². The molecule has 3 aromatic rings. The third kappa shape index (κ3) is 3.33. The average Bonchev–Trinajstić information content (AvgIpc) is 2.72. The third-order valence-corrected chi connectivity index (χ3v) is 5.54. The molecular formula is C26H25N. The summed E-state index contributed by atoms with van der Waals surface area (Å²) < 4.78 is 0. The molecule has 1 nitrogen and oxygen atoms in total. The van der Waals surface area contributed by atoms with Gasteiger partial charge in [-0.15, -0.1) is 0 Å². The minimum absolute atomic E-state index is 0.0347. The summed E-state index contributed by atoms with van der Waals surface area (Å²) in [6.07, 6.45) is 2.24. The average molecular weight is 351 g/mol. The van der Waals surface area contributed by atoms with Crippen molar-refractivity contribution in [2.45, 2.75) is 26.2 Å². The summed E-state index contributed by atoms with van der Waals surface area (Å²) in [6.45, 7) is 6.74. The van der Waals surface area contributed by atoms with E-state index >= 15 is 0 Å². The first-order valence-corrected chi connectivity index (χ1v) is 9.47. The van der Waals surface area contributed by atoms with E-state index in [4.69, 9.17) is 0 Å². The van der Waals surface area contributed by atoms with E-state index in [9.17, 15) is 0 Å². The van der Waals surface area contributed by atoms with Crippen LogP contribution in [0, 0.1) is 0 Å². The lowest BCUT2D eigenvalue weighted by molar-refractivity contribution is 0.641. The van der Waals surface area contributed by atoms with E-state index < -0.39 is 0 Å². The van der Waals surface area contributed by atoms with Crippen LogP contribution in [0.4, 0.5) is 5.69 Å². The Morgan fingerprint density at radius 2 is 1.33 bits per heavy atom. The van der Waals surface area contributed by atoms with Crippen LogP contribution in [-0.4, -0.2) is 0 Å². The van der Waals surface area contributed by atoms with Crippen LogP contribution in [0.5, 0.6) is 0 Å². The lowest BCUT2D eigenvalue weighted by Crippen LogP contribution is -2.19. The Balaban J connectivity index is 1.55. The molecule has 134 valence electrons. The van der Waals surface area contributed by atoms with Crippen molar-refractivity contribution < 1.29 is 0 Å². The van der Waals surface area contributed by atoms with Crippen molar-refractivity contribution in [3.05, 3.63) is 119 Å². The Hall–Kier alpha value is -3.06. The molecule has 0 aromatic heterocycles. The van der Waals surface area contributed by atoms with Gasteiger partial charge in [-0.2, -0.15) is 0 Å². The maximum Gasteiger partial charge on any atom is 0.0426 e. The maximum absolute atomic E-state index is 3.60. The Morgan fingerprint density at radius 3 is 2.00 bits per heavy atom. The monoisotopic (exact) mass is 351 g/mol. The molecule has 0 heterocycles. The van der Waals surface area contributed by atoms with Crippen molar-refractivity contribution in [3.63, 3.8) is 0 Å². The lowest BCUT2D eigenvalue weighted by Gasteiger charge is -2.28. The second-order valence-electron chi connectivity index (χ2n) is 7.66. The van der Waals surface area contributed by atoms with Crippen molar-refractivity contribution >= 4 is 11.3 Å². The highest BCUT2D eigenvalue weighted by molar-refractivity contribution is 5.89. The topological polar surface area (TPSA) is 12.0 Å². The molecule has 1 heteroatoms. The van der Waals surface area contributed by atoms with E-state index in [1.54, 1.807) is 0 Å². The highest BCUT2D eigenvalue weighted by Crippen LogP contribution is 2.37. The number of nitrogens with one attached hydrogen (secondary N) is 1. The first-order valence-electron chi connectivity index (χ1n) is 9.47. The molecule has 4 rings (SSSR count). The molecule has 0 amide bonds. The first-order chi connectivity index (χ1) is 13.1. The van der Waals surface area contributed by atoms with E-state index in [-0.39, 0.29) is 5.41 Å². The second-order valence-corrected chi connectivity index (χ2v) is 7.66. The molecule has 27 heavy (non-hydrogen) atoms. The SMILES string of the molecule is CC1=C(c2ccccc2)C=C1Nc1cccc(C(C)(C)c2ccccc2)c1. The highest BCUT2D eigenvalue weighted by Gasteiger charge is 2.23. The minimum atomic E-state index is -0.0347. The molecular weight excluding hydrogens is 326 g/mol. The van der Waals surface area contributed by atoms with Crippen molar-refractivity contribution in [1.82, 2.24) is 0 Å². The predicted octanol–water partition coefficient (Wildman–Crippen LogP) is 6.80. The van der Waals surface area contributed by atoms with E-state index in [2.05, 4.69) is 117 Å². The molecule has 0 bridgehead atoms. The van der Waals surface area contributed by atoms with Gasteiger partial charge in [0.25, 0.3) is 0 Å². The van der Waals surface area contributed by atoms with E-state index in [1.165, 1.54) is 33.5 Å². The van der Waals surface area contributed by atoms with Gasteiger partial charge in [0.15, 0.2) is 0 Å². The summed E-state index contributed by atoms with van der Waals surface area (Å²) in [5.74, 6) is 0. The van der Waals surface area contributed by atoms with Gasteiger partial charge in [0, 0.05) is 16.8 Å². The van der Waals surface area contributed by atoms with Gasteiger partial charge in [-0.3, -0.25) is 0 Å². The predicted molar refractivity (Wildman–Crippen MR) is 116 cm³/mol. The van der Waals surface area contributed by atoms with Gasteiger partial charge in [-0.25, -0.2) is 0 Å². The zero-order chi connectivity index (χ0) is 18.9. The lowest BCUT2D eigenvalue weighted by atomic mass is 9.78. The number of rotatable bonds is 5. The normalized spacial score (nSPS) is 13.8. The summed E-state index contributed by atoms with van der Waals surface area (Å²) in [4.78, 5) is 0. The number of anilines is 1. The summed E-state index contributed by atoms with van der Waals surface area (Å²) in [5, 5.41) is 3.60. The van der Waals surface area contributed by atoms with Crippen molar-refractivity contribution in [1.29, 1.82) is 0 Å². The molecule has 0 spiro atoms. The largest absolute Gasteiger partial charge is 0.355 e. The molecule has 0 saturated carbocycles. The Kier molecular flexibility index (Phi) is 4.45. The van der Waals surface area contributed by atoms with E-state index in [0.29, 0.717) is 0 Å². The first kappa shape index (κ1) is 17.4. The number of hydrogen-bond donors (Lipinski definition) is 1. The van der Waals surface area contributed by atoms with Crippen LogP contribution in [0.15, 0.2) is 102 Å². The van der Waals surface area contributed by atoms with Crippen LogP contribution in [0.3, 0.4) is 0 Å². The molecule has 0 saturated heterocycles. The van der Waals surface area contributed by atoms with Gasteiger partial charge >= 0.3 is 0 Å². The molecule has 0 atom stereocenters. The van der Waals surface area contributed by atoms with E-state index in [1.807, 2.05) is 0 Å². The summed E-state index contributed by atoms with van der Waals surface area (Å²) >= 11 is 0. The standard InChI is InChI=1S/C26H25N/c1-19-24(20-11-6-4-7-12-20)18-25(19)27-23-16-10-15-22(17-23)26(2,3)21-13-8-5-9-14-21/h4-18,27H,1-3H3. The molecule has 1 aliphatic carbocycles. The van der Waals surface area contributed by atoms with Gasteiger partial charge in [0.05, 0.1) is 0 Å². The molecule has 1 aliphatic rings. The Morgan fingerprint density at radius 1 is 0.704 bits per heavy atom. The van der Waals surface area contributed by atoms with Crippen LogP contribution >= 0.6 is 0 Å².